The molecule has 0 spiro atoms. The smallest absolute Gasteiger partial charge is 0.422 e. The summed E-state index contributed by atoms with van der Waals surface area (Å²) < 4.78 is 17.0. The van der Waals surface area contributed by atoms with Crippen LogP contribution in [-0.4, -0.2) is 37.3 Å². The van der Waals surface area contributed by atoms with Crippen LogP contribution >= 0.6 is 27.5 Å². The number of amides is 2. The molecule has 0 atom stereocenters. The summed E-state index contributed by atoms with van der Waals surface area (Å²) in [5.74, 6) is -0.492. The van der Waals surface area contributed by atoms with Gasteiger partial charge in [-0.2, -0.15) is 0 Å². The maximum absolute atomic E-state index is 13.4. The lowest BCUT2D eigenvalue weighted by Crippen LogP contribution is -2.38. The van der Waals surface area contributed by atoms with Gasteiger partial charge in [-0.15, -0.1) is 0 Å². The summed E-state index contributed by atoms with van der Waals surface area (Å²) in [6, 6.07) is 10.2. The summed E-state index contributed by atoms with van der Waals surface area (Å²) in [6.07, 6.45) is 0.852. The van der Waals surface area contributed by atoms with E-state index in [0.29, 0.717) is 27.6 Å². The van der Waals surface area contributed by atoms with Gasteiger partial charge in [0.25, 0.3) is 5.91 Å². The van der Waals surface area contributed by atoms with E-state index in [1.165, 1.54) is 7.11 Å². The third kappa shape index (κ3) is 6.05. The van der Waals surface area contributed by atoms with Crippen molar-refractivity contribution >= 4 is 62.8 Å². The van der Waals surface area contributed by atoms with Crippen molar-refractivity contribution in [1.82, 2.24) is 0 Å². The van der Waals surface area contributed by atoms with Crippen LogP contribution in [-0.2, 0) is 19.1 Å². The molecule has 2 aromatic rings. The molecule has 2 aromatic carbocycles. The molecule has 2 amide bonds. The Balaban J connectivity index is 2.05. The van der Waals surface area contributed by atoms with Crippen molar-refractivity contribution in [3.05, 3.63) is 57.0 Å². The molecule has 0 aliphatic carbocycles. The Bertz CT molecular complexity index is 1210. The van der Waals surface area contributed by atoms with Gasteiger partial charge in [0.15, 0.2) is 0 Å². The van der Waals surface area contributed by atoms with Gasteiger partial charge in [0, 0.05) is 20.6 Å². The maximum Gasteiger partial charge on any atom is 0.422 e. The minimum Gasteiger partial charge on any atom is -0.492 e. The number of ether oxygens (including phenoxy) is 3. The van der Waals surface area contributed by atoms with Crippen molar-refractivity contribution in [2.45, 2.75) is 40.2 Å². The monoisotopic (exact) mass is 563 g/mol. The zero-order valence-corrected chi connectivity index (χ0v) is 22.7. The lowest BCUT2D eigenvalue weighted by molar-refractivity contribution is -0.152. The Hall–Kier alpha value is -2.84. The molecule has 1 aliphatic heterocycles. The molecule has 1 aliphatic rings. The average Bonchev–Trinajstić information content (AvgIpc) is 3.01. The molecule has 0 radical (unpaired) electrons. The lowest BCUT2D eigenvalue weighted by Gasteiger charge is -2.23. The Morgan fingerprint density at radius 3 is 2.40 bits per heavy atom. The first-order valence-electron chi connectivity index (χ1n) is 10.8. The molecule has 0 fully saturated rings. The predicted octanol–water partition coefficient (Wildman–Crippen LogP) is 6.50. The third-order valence-corrected chi connectivity index (χ3v) is 5.83. The minimum absolute atomic E-state index is 0.0572. The topological polar surface area (TPSA) is 82.1 Å². The molecular formula is C26H27BrClNO6. The molecule has 3 rings (SSSR count). The average molecular weight is 565 g/mol. The number of hydrogen-bond donors (Lipinski definition) is 0. The zero-order valence-electron chi connectivity index (χ0n) is 20.4. The van der Waals surface area contributed by atoms with Gasteiger partial charge in [-0.3, -0.25) is 9.59 Å². The number of benzene rings is 2. The van der Waals surface area contributed by atoms with Crippen LogP contribution in [0.2, 0.25) is 5.02 Å². The molecule has 0 saturated heterocycles. The second kappa shape index (κ2) is 10.0. The predicted molar refractivity (Wildman–Crippen MR) is 138 cm³/mol. The maximum atomic E-state index is 13.4. The molecule has 0 N–H and O–H groups in total. The number of halogens is 2. The number of carbonyl (C=O) groups excluding carboxylic acids is 3. The molecule has 9 heteroatoms. The van der Waals surface area contributed by atoms with E-state index in [9.17, 15) is 14.4 Å². The highest BCUT2D eigenvalue weighted by atomic mass is 79.9. The number of methoxy groups -OCH3 is 1. The number of fused-ring (bicyclic) bond motifs is 1. The van der Waals surface area contributed by atoms with Crippen LogP contribution < -0.4 is 9.64 Å². The van der Waals surface area contributed by atoms with Gasteiger partial charge in [0.05, 0.1) is 23.8 Å². The molecule has 186 valence electrons. The quantitative estimate of drug-likeness (QED) is 0.304. The second-order valence-electron chi connectivity index (χ2n) is 9.69. The van der Waals surface area contributed by atoms with E-state index in [1.54, 1.807) is 77.1 Å². The molecule has 0 saturated carbocycles. The van der Waals surface area contributed by atoms with Crippen molar-refractivity contribution in [3.8, 4) is 5.75 Å². The first kappa shape index (κ1) is 26.8. The SMILES string of the molecule is COC(=O)C(C)(C)COc1ccc(Br)cc1/C=C1\C(=O)N(C(=O)OC(C)(C)C)c2cc(Cl)ccc21. The lowest BCUT2D eigenvalue weighted by atomic mass is 9.95. The Labute approximate surface area is 218 Å². The van der Waals surface area contributed by atoms with E-state index < -0.39 is 29.0 Å². The highest BCUT2D eigenvalue weighted by Gasteiger charge is 2.39. The van der Waals surface area contributed by atoms with Gasteiger partial charge in [0.1, 0.15) is 18.0 Å². The fourth-order valence-electron chi connectivity index (χ4n) is 3.40. The van der Waals surface area contributed by atoms with E-state index in [2.05, 4.69) is 15.9 Å². The molecule has 7 nitrogen and oxygen atoms in total. The van der Waals surface area contributed by atoms with Crippen LogP contribution in [0.25, 0.3) is 11.6 Å². The molecule has 0 aromatic heterocycles. The second-order valence-corrected chi connectivity index (χ2v) is 11.0. The number of nitrogens with zero attached hydrogens (tertiary/aromatic N) is 1. The largest absolute Gasteiger partial charge is 0.492 e. The van der Waals surface area contributed by atoms with Crippen LogP contribution in [0.5, 0.6) is 5.75 Å². The van der Waals surface area contributed by atoms with Crippen molar-refractivity contribution in [3.63, 3.8) is 0 Å². The summed E-state index contributed by atoms with van der Waals surface area (Å²) in [5, 5.41) is 0.378. The standard InChI is InChI=1S/C26H27BrClNO6/c1-25(2,3)35-24(32)29-20-13-17(28)8-9-18(20)19(22(29)30)12-15-11-16(27)7-10-21(15)34-14-26(4,5)23(31)33-6/h7-13H,14H2,1-6H3/b19-12-. The van der Waals surface area contributed by atoms with Gasteiger partial charge < -0.3 is 14.2 Å². The highest BCUT2D eigenvalue weighted by Crippen LogP contribution is 2.41. The van der Waals surface area contributed by atoms with E-state index in [0.717, 1.165) is 9.37 Å². The van der Waals surface area contributed by atoms with Crippen LogP contribution in [0.3, 0.4) is 0 Å². The number of rotatable bonds is 5. The normalized spacial score (nSPS) is 14.7. The van der Waals surface area contributed by atoms with Crippen molar-refractivity contribution in [1.29, 1.82) is 0 Å². The molecule has 0 bridgehead atoms. The summed E-state index contributed by atoms with van der Waals surface area (Å²) in [7, 11) is 1.32. The number of carbonyl (C=O) groups is 3. The first-order valence-corrected chi connectivity index (χ1v) is 12.0. The van der Waals surface area contributed by atoms with Gasteiger partial charge in [-0.1, -0.05) is 33.6 Å². The van der Waals surface area contributed by atoms with E-state index in [1.807, 2.05) is 0 Å². The Morgan fingerprint density at radius 2 is 1.77 bits per heavy atom. The summed E-state index contributed by atoms with van der Waals surface area (Å²) in [6.45, 7) is 8.66. The number of hydrogen-bond acceptors (Lipinski definition) is 6. The van der Waals surface area contributed by atoms with Crippen molar-refractivity contribution < 1.29 is 28.6 Å². The fraction of sp³-hybridized carbons (Fsp3) is 0.346. The highest BCUT2D eigenvalue weighted by molar-refractivity contribution is 9.10. The van der Waals surface area contributed by atoms with Crippen molar-refractivity contribution in [2.24, 2.45) is 5.41 Å². The molecule has 35 heavy (non-hydrogen) atoms. The van der Waals surface area contributed by atoms with Gasteiger partial charge in [0.2, 0.25) is 0 Å². The fourth-order valence-corrected chi connectivity index (χ4v) is 3.95. The van der Waals surface area contributed by atoms with Gasteiger partial charge in [-0.05, 0) is 71.0 Å². The zero-order chi connectivity index (χ0) is 26.1. The van der Waals surface area contributed by atoms with Gasteiger partial charge in [-0.25, -0.2) is 9.69 Å². The number of anilines is 1. The Kier molecular flexibility index (Phi) is 7.67. The Morgan fingerprint density at radius 1 is 1.09 bits per heavy atom. The van der Waals surface area contributed by atoms with Crippen LogP contribution in [0.15, 0.2) is 40.9 Å². The summed E-state index contributed by atoms with van der Waals surface area (Å²) >= 11 is 9.63. The molecule has 0 unspecified atom stereocenters. The molecular weight excluding hydrogens is 538 g/mol. The van der Waals surface area contributed by atoms with E-state index in [-0.39, 0.29) is 12.2 Å². The van der Waals surface area contributed by atoms with Crippen LogP contribution in [0.1, 0.15) is 45.7 Å². The van der Waals surface area contributed by atoms with Crippen LogP contribution in [0, 0.1) is 5.41 Å². The number of esters is 1. The van der Waals surface area contributed by atoms with Crippen LogP contribution in [0.4, 0.5) is 10.5 Å². The molecule has 1 heterocycles. The third-order valence-electron chi connectivity index (χ3n) is 5.10. The minimum atomic E-state index is -0.883. The van der Waals surface area contributed by atoms with Crippen molar-refractivity contribution in [2.75, 3.05) is 18.6 Å². The van der Waals surface area contributed by atoms with Gasteiger partial charge >= 0.3 is 12.1 Å². The van der Waals surface area contributed by atoms with E-state index >= 15 is 0 Å². The summed E-state index contributed by atoms with van der Waals surface area (Å²) in [5.41, 5.74) is 0.0541. The number of imide groups is 1. The first-order chi connectivity index (χ1) is 16.2. The van der Waals surface area contributed by atoms with E-state index in [4.69, 9.17) is 25.8 Å². The summed E-state index contributed by atoms with van der Waals surface area (Å²) in [4.78, 5) is 39.4.